The summed E-state index contributed by atoms with van der Waals surface area (Å²) in [4.78, 5) is 22.8. The number of ether oxygens (including phenoxy) is 2. The first-order chi connectivity index (χ1) is 9.49. The summed E-state index contributed by atoms with van der Waals surface area (Å²) >= 11 is 0. The molecule has 0 aromatic carbocycles. The van der Waals surface area contributed by atoms with Crippen LogP contribution in [0.25, 0.3) is 0 Å². The van der Waals surface area contributed by atoms with Crippen LogP contribution < -0.4 is 10.6 Å². The summed E-state index contributed by atoms with van der Waals surface area (Å²) in [6.45, 7) is 12.8. The molecule has 6 heteroatoms. The van der Waals surface area contributed by atoms with E-state index in [1.165, 1.54) is 0 Å². The number of esters is 1. The van der Waals surface area contributed by atoms with Crippen LogP contribution in [0.15, 0.2) is 0 Å². The number of hydrogen-bond acceptors (Lipinski definition) is 5. The van der Waals surface area contributed by atoms with E-state index in [4.69, 9.17) is 9.47 Å². The van der Waals surface area contributed by atoms with E-state index in [1.54, 1.807) is 0 Å². The second-order valence-corrected chi connectivity index (χ2v) is 6.87. The normalized spacial score (nSPS) is 11.9. The highest BCUT2D eigenvalue weighted by Crippen LogP contribution is 2.08. The Hall–Kier alpha value is -1.30. The van der Waals surface area contributed by atoms with Crippen molar-refractivity contribution < 1.29 is 19.1 Å². The molecule has 0 aromatic heterocycles. The van der Waals surface area contributed by atoms with Crippen molar-refractivity contribution in [1.82, 2.24) is 10.6 Å². The minimum absolute atomic E-state index is 0.184. The summed E-state index contributed by atoms with van der Waals surface area (Å²) in [7, 11) is 0. The Morgan fingerprint density at radius 2 is 1.43 bits per heavy atom. The highest BCUT2D eigenvalue weighted by molar-refractivity contribution is 5.69. The summed E-state index contributed by atoms with van der Waals surface area (Å²) in [6, 6.07) is 0. The van der Waals surface area contributed by atoms with E-state index in [0.29, 0.717) is 32.5 Å². The summed E-state index contributed by atoms with van der Waals surface area (Å²) in [6.07, 6.45) is 0.684. The van der Waals surface area contributed by atoms with Gasteiger partial charge in [-0.15, -0.1) is 0 Å². The second kappa shape index (κ2) is 8.87. The molecule has 0 fully saturated rings. The fourth-order valence-electron chi connectivity index (χ4n) is 1.44. The Bertz CT molecular complexity index is 298. The van der Waals surface area contributed by atoms with Gasteiger partial charge in [-0.1, -0.05) is 0 Å². The first-order valence-corrected chi connectivity index (χ1v) is 7.39. The molecule has 0 unspecified atom stereocenters. The van der Waals surface area contributed by atoms with Crippen LogP contribution in [0.5, 0.6) is 0 Å². The molecule has 21 heavy (non-hydrogen) atoms. The van der Waals surface area contributed by atoms with Crippen LogP contribution in [0, 0.1) is 0 Å². The molecule has 0 saturated carbocycles. The molecule has 0 saturated heterocycles. The van der Waals surface area contributed by atoms with E-state index < -0.39 is 17.3 Å². The van der Waals surface area contributed by atoms with Crippen molar-refractivity contribution >= 4 is 12.1 Å². The quantitative estimate of drug-likeness (QED) is 0.557. The number of carbonyl (C=O) groups excluding carboxylic acids is 2. The topological polar surface area (TPSA) is 76.7 Å². The van der Waals surface area contributed by atoms with Crippen LogP contribution in [0.2, 0.25) is 0 Å². The summed E-state index contributed by atoms with van der Waals surface area (Å²) in [5.41, 5.74) is -0.910. The molecule has 0 bridgehead atoms. The SMILES string of the molecule is CC(C)(C)OC(=O)CCCNCCNC(=O)OC(C)(C)C. The van der Waals surface area contributed by atoms with E-state index in [9.17, 15) is 9.59 Å². The fourth-order valence-corrected chi connectivity index (χ4v) is 1.44. The maximum atomic E-state index is 11.4. The number of amides is 1. The Kier molecular flexibility index (Phi) is 8.32. The molecule has 0 aliphatic rings. The van der Waals surface area contributed by atoms with E-state index >= 15 is 0 Å². The zero-order valence-electron chi connectivity index (χ0n) is 14.2. The van der Waals surface area contributed by atoms with Gasteiger partial charge in [0.15, 0.2) is 0 Å². The highest BCUT2D eigenvalue weighted by Gasteiger charge is 2.16. The van der Waals surface area contributed by atoms with Gasteiger partial charge in [0.05, 0.1) is 0 Å². The van der Waals surface area contributed by atoms with Gasteiger partial charge in [0.25, 0.3) is 0 Å². The van der Waals surface area contributed by atoms with Gasteiger partial charge in [-0.3, -0.25) is 4.79 Å². The van der Waals surface area contributed by atoms with Crippen LogP contribution in [-0.2, 0) is 14.3 Å². The molecule has 0 radical (unpaired) electrons. The van der Waals surface area contributed by atoms with Gasteiger partial charge in [0.1, 0.15) is 11.2 Å². The number of alkyl carbamates (subject to hydrolysis) is 1. The van der Waals surface area contributed by atoms with Gasteiger partial charge < -0.3 is 20.1 Å². The minimum Gasteiger partial charge on any atom is -0.460 e. The molecule has 2 N–H and O–H groups in total. The van der Waals surface area contributed by atoms with Crippen LogP contribution in [0.4, 0.5) is 4.79 Å². The van der Waals surface area contributed by atoms with Crippen molar-refractivity contribution in [1.29, 1.82) is 0 Å². The standard InChI is InChI=1S/C15H30N2O4/c1-14(2,3)20-12(18)8-7-9-16-10-11-17-13(19)21-15(4,5)6/h16H,7-11H2,1-6H3,(H,17,19). The molecule has 0 aromatic rings. The van der Waals surface area contributed by atoms with Crippen LogP contribution in [0.1, 0.15) is 54.4 Å². The third kappa shape index (κ3) is 14.9. The third-order valence-corrected chi connectivity index (χ3v) is 2.12. The lowest BCUT2D eigenvalue weighted by Crippen LogP contribution is -2.36. The van der Waals surface area contributed by atoms with E-state index in [-0.39, 0.29) is 5.97 Å². The highest BCUT2D eigenvalue weighted by atomic mass is 16.6. The van der Waals surface area contributed by atoms with Gasteiger partial charge in [0.2, 0.25) is 0 Å². The average Bonchev–Trinajstić information content (AvgIpc) is 2.22. The van der Waals surface area contributed by atoms with Crippen molar-refractivity contribution in [2.45, 2.75) is 65.6 Å². The first kappa shape index (κ1) is 19.7. The largest absolute Gasteiger partial charge is 0.460 e. The first-order valence-electron chi connectivity index (χ1n) is 7.39. The number of rotatable bonds is 7. The third-order valence-electron chi connectivity index (χ3n) is 2.12. The lowest BCUT2D eigenvalue weighted by molar-refractivity contribution is -0.154. The van der Waals surface area contributed by atoms with E-state index in [2.05, 4.69) is 10.6 Å². The van der Waals surface area contributed by atoms with Gasteiger partial charge in [-0.05, 0) is 54.5 Å². The molecule has 0 rings (SSSR count). The lowest BCUT2D eigenvalue weighted by Gasteiger charge is -2.20. The predicted molar refractivity (Wildman–Crippen MR) is 82.2 cm³/mol. The maximum Gasteiger partial charge on any atom is 0.407 e. The zero-order chi connectivity index (χ0) is 16.5. The van der Waals surface area contributed by atoms with E-state index in [1.807, 2.05) is 41.5 Å². The van der Waals surface area contributed by atoms with Crippen molar-refractivity contribution in [3.05, 3.63) is 0 Å². The molecule has 0 spiro atoms. The van der Waals surface area contributed by atoms with Crippen molar-refractivity contribution in [3.8, 4) is 0 Å². The number of nitrogens with one attached hydrogen (secondary N) is 2. The molecule has 0 aliphatic heterocycles. The summed E-state index contributed by atoms with van der Waals surface area (Å²) in [5, 5.41) is 5.80. The average molecular weight is 302 g/mol. The van der Waals surface area contributed by atoms with Gasteiger partial charge >= 0.3 is 12.1 Å². The van der Waals surface area contributed by atoms with Gasteiger partial charge in [-0.2, -0.15) is 0 Å². The molecule has 0 atom stereocenters. The summed E-state index contributed by atoms with van der Waals surface area (Å²) < 4.78 is 10.3. The Labute approximate surface area is 127 Å². The fraction of sp³-hybridized carbons (Fsp3) is 0.867. The zero-order valence-corrected chi connectivity index (χ0v) is 14.2. The van der Waals surface area contributed by atoms with Crippen molar-refractivity contribution in [2.24, 2.45) is 0 Å². The Balaban J connectivity index is 3.49. The molecule has 1 amide bonds. The van der Waals surface area contributed by atoms with E-state index in [0.717, 1.165) is 0 Å². The minimum atomic E-state index is -0.481. The molecule has 0 aliphatic carbocycles. The number of hydrogen-bond donors (Lipinski definition) is 2. The maximum absolute atomic E-state index is 11.4. The molecule has 6 nitrogen and oxygen atoms in total. The summed E-state index contributed by atoms with van der Waals surface area (Å²) in [5.74, 6) is -0.184. The van der Waals surface area contributed by atoms with Gasteiger partial charge in [-0.25, -0.2) is 4.79 Å². The number of carbonyl (C=O) groups is 2. The molecular formula is C15H30N2O4. The molecule has 0 heterocycles. The van der Waals surface area contributed by atoms with Crippen LogP contribution in [0.3, 0.4) is 0 Å². The van der Waals surface area contributed by atoms with Crippen molar-refractivity contribution in [3.63, 3.8) is 0 Å². The second-order valence-electron chi connectivity index (χ2n) is 6.87. The molecular weight excluding hydrogens is 272 g/mol. The molecule has 124 valence electrons. The Morgan fingerprint density at radius 1 is 0.857 bits per heavy atom. The van der Waals surface area contributed by atoms with Gasteiger partial charge in [0, 0.05) is 19.5 Å². The monoisotopic (exact) mass is 302 g/mol. The predicted octanol–water partition coefficient (Wildman–Crippen LogP) is 2.22. The van der Waals surface area contributed by atoms with Crippen molar-refractivity contribution in [2.75, 3.05) is 19.6 Å². The smallest absolute Gasteiger partial charge is 0.407 e. The lowest BCUT2D eigenvalue weighted by atomic mass is 10.2. The van der Waals surface area contributed by atoms with Crippen LogP contribution >= 0.6 is 0 Å². The Morgan fingerprint density at radius 3 is 1.95 bits per heavy atom. The van der Waals surface area contributed by atoms with Crippen LogP contribution in [-0.4, -0.2) is 42.9 Å².